The van der Waals surface area contributed by atoms with E-state index >= 15 is 0 Å². The number of hydrogen-bond acceptors (Lipinski definition) is 3. The van der Waals surface area contributed by atoms with Crippen LogP contribution in [0, 0.1) is 0 Å². The van der Waals surface area contributed by atoms with Gasteiger partial charge in [-0.15, -0.1) is 0 Å². The first-order chi connectivity index (χ1) is 10.0. The van der Waals surface area contributed by atoms with Crippen molar-refractivity contribution in [3.63, 3.8) is 0 Å². The molecule has 0 radical (unpaired) electrons. The summed E-state index contributed by atoms with van der Waals surface area (Å²) in [4.78, 5) is 0. The summed E-state index contributed by atoms with van der Waals surface area (Å²) in [5.41, 5.74) is 7.28. The van der Waals surface area contributed by atoms with Gasteiger partial charge in [-0.2, -0.15) is 0 Å². The number of hydrogen-bond donors (Lipinski definition) is 1. The van der Waals surface area contributed by atoms with Crippen LogP contribution in [0.4, 0.5) is 0 Å². The molecule has 0 aliphatic carbocycles. The zero-order chi connectivity index (χ0) is 15.4. The van der Waals surface area contributed by atoms with E-state index in [0.717, 1.165) is 11.1 Å². The summed E-state index contributed by atoms with van der Waals surface area (Å²) in [6.07, 6.45) is 0. The lowest BCUT2D eigenvalue weighted by Gasteiger charge is -2.14. The van der Waals surface area contributed by atoms with E-state index in [0.29, 0.717) is 33.1 Å². The lowest BCUT2D eigenvalue weighted by atomic mass is 10.2. The summed E-state index contributed by atoms with van der Waals surface area (Å²) in [5, 5.41) is 1.56. The maximum Gasteiger partial charge on any atom is 0.180 e. The van der Waals surface area contributed by atoms with Crippen molar-refractivity contribution in [2.24, 2.45) is 5.73 Å². The first kappa shape index (κ1) is 16.2. The minimum absolute atomic E-state index is 0.258. The van der Waals surface area contributed by atoms with Crippen molar-refractivity contribution in [2.45, 2.75) is 13.2 Å². The molecule has 0 unspecified atom stereocenters. The molecule has 2 aromatic carbocycles. The van der Waals surface area contributed by atoms with Crippen molar-refractivity contribution in [2.75, 3.05) is 7.11 Å². The molecule has 3 nitrogen and oxygen atoms in total. The second-order valence-electron chi connectivity index (χ2n) is 4.34. The van der Waals surface area contributed by atoms with E-state index in [-0.39, 0.29) is 6.61 Å². The van der Waals surface area contributed by atoms with Crippen LogP contribution in [0.3, 0.4) is 0 Å². The molecule has 0 saturated heterocycles. The molecule has 0 aromatic heterocycles. The van der Waals surface area contributed by atoms with Gasteiger partial charge in [-0.05, 0) is 29.8 Å². The molecule has 21 heavy (non-hydrogen) atoms. The summed E-state index contributed by atoms with van der Waals surface area (Å²) in [7, 11) is 1.55. The van der Waals surface area contributed by atoms with Crippen molar-refractivity contribution in [1.82, 2.24) is 0 Å². The van der Waals surface area contributed by atoms with Gasteiger partial charge < -0.3 is 15.2 Å². The number of rotatable bonds is 5. The summed E-state index contributed by atoms with van der Waals surface area (Å²) in [6.45, 7) is 0.632. The van der Waals surface area contributed by atoms with E-state index in [4.69, 9.17) is 50.0 Å². The van der Waals surface area contributed by atoms with Crippen LogP contribution in [0.5, 0.6) is 11.5 Å². The second-order valence-corrected chi connectivity index (χ2v) is 5.59. The summed E-state index contributed by atoms with van der Waals surface area (Å²) < 4.78 is 11.0. The fourth-order valence-electron chi connectivity index (χ4n) is 1.82. The molecule has 2 rings (SSSR count). The van der Waals surface area contributed by atoms with Crippen molar-refractivity contribution in [3.8, 4) is 11.5 Å². The lowest BCUT2D eigenvalue weighted by molar-refractivity contribution is 0.284. The fourth-order valence-corrected chi connectivity index (χ4v) is 2.57. The average Bonchev–Trinajstić information content (AvgIpc) is 2.46. The normalized spacial score (nSPS) is 10.5. The van der Waals surface area contributed by atoms with Crippen LogP contribution in [0.15, 0.2) is 30.3 Å². The van der Waals surface area contributed by atoms with Crippen LogP contribution in [-0.4, -0.2) is 7.11 Å². The quantitative estimate of drug-likeness (QED) is 0.854. The minimum atomic E-state index is 0.258. The number of ether oxygens (including phenoxy) is 2. The molecule has 6 heteroatoms. The monoisotopic (exact) mass is 345 g/mol. The van der Waals surface area contributed by atoms with Crippen LogP contribution in [-0.2, 0) is 13.2 Å². The predicted octanol–water partition coefficient (Wildman–Crippen LogP) is 4.69. The SMILES string of the molecule is COc1cc(CN)cc(Cl)c1OCc1ccc(Cl)cc1Cl. The standard InChI is InChI=1S/C15H14Cl3NO2/c1-20-14-5-9(7-19)4-13(18)15(14)21-8-10-2-3-11(16)6-12(10)17/h2-6H,7-8,19H2,1H3. The van der Waals surface area contributed by atoms with Gasteiger partial charge in [-0.1, -0.05) is 40.9 Å². The molecule has 0 heterocycles. The predicted molar refractivity (Wildman–Crippen MR) is 86.7 cm³/mol. The van der Waals surface area contributed by atoms with Gasteiger partial charge in [-0.3, -0.25) is 0 Å². The van der Waals surface area contributed by atoms with Crippen LogP contribution < -0.4 is 15.2 Å². The van der Waals surface area contributed by atoms with Crippen molar-refractivity contribution in [3.05, 3.63) is 56.5 Å². The summed E-state index contributed by atoms with van der Waals surface area (Å²) in [5.74, 6) is 0.996. The third kappa shape index (κ3) is 3.95. The lowest BCUT2D eigenvalue weighted by Crippen LogP contribution is -2.02. The van der Waals surface area contributed by atoms with E-state index in [1.165, 1.54) is 0 Å². The molecular formula is C15H14Cl3NO2. The molecule has 0 saturated carbocycles. The topological polar surface area (TPSA) is 44.5 Å². The Bertz CT molecular complexity index is 647. The number of nitrogens with two attached hydrogens (primary N) is 1. The Labute approximate surface area is 138 Å². The van der Waals surface area contributed by atoms with Gasteiger partial charge in [0.25, 0.3) is 0 Å². The van der Waals surface area contributed by atoms with Crippen LogP contribution in [0.25, 0.3) is 0 Å². The van der Waals surface area contributed by atoms with Crippen LogP contribution in [0.2, 0.25) is 15.1 Å². The largest absolute Gasteiger partial charge is 0.493 e. The van der Waals surface area contributed by atoms with Crippen LogP contribution in [0.1, 0.15) is 11.1 Å². The molecule has 112 valence electrons. The molecule has 2 aromatic rings. The molecule has 2 N–H and O–H groups in total. The molecule has 0 aliphatic rings. The zero-order valence-electron chi connectivity index (χ0n) is 11.3. The van der Waals surface area contributed by atoms with Crippen molar-refractivity contribution in [1.29, 1.82) is 0 Å². The third-order valence-corrected chi connectivity index (χ3v) is 3.78. The smallest absolute Gasteiger partial charge is 0.180 e. The molecule has 0 amide bonds. The molecule has 0 fully saturated rings. The first-order valence-electron chi connectivity index (χ1n) is 6.18. The van der Waals surface area contributed by atoms with Gasteiger partial charge >= 0.3 is 0 Å². The van der Waals surface area contributed by atoms with E-state index in [1.807, 2.05) is 0 Å². The van der Waals surface area contributed by atoms with Gasteiger partial charge in [0.15, 0.2) is 11.5 Å². The number of benzene rings is 2. The Morgan fingerprint density at radius 2 is 1.81 bits per heavy atom. The first-order valence-corrected chi connectivity index (χ1v) is 7.31. The van der Waals surface area contributed by atoms with Gasteiger partial charge in [0.2, 0.25) is 0 Å². The third-order valence-electron chi connectivity index (χ3n) is 2.91. The highest BCUT2D eigenvalue weighted by molar-refractivity contribution is 6.35. The molecule has 0 spiro atoms. The van der Waals surface area contributed by atoms with Crippen molar-refractivity contribution >= 4 is 34.8 Å². The Morgan fingerprint density at radius 3 is 2.43 bits per heavy atom. The van der Waals surface area contributed by atoms with Gasteiger partial charge in [-0.25, -0.2) is 0 Å². The van der Waals surface area contributed by atoms with E-state index in [2.05, 4.69) is 0 Å². The zero-order valence-corrected chi connectivity index (χ0v) is 13.6. The summed E-state index contributed by atoms with van der Waals surface area (Å²) >= 11 is 18.2. The molecular weight excluding hydrogens is 333 g/mol. The van der Waals surface area contributed by atoms with E-state index < -0.39 is 0 Å². The van der Waals surface area contributed by atoms with Crippen molar-refractivity contribution < 1.29 is 9.47 Å². The Balaban J connectivity index is 2.23. The Hall–Kier alpha value is -1.13. The molecule has 0 bridgehead atoms. The molecule has 0 atom stereocenters. The highest BCUT2D eigenvalue weighted by atomic mass is 35.5. The van der Waals surface area contributed by atoms with E-state index in [1.54, 1.807) is 37.4 Å². The molecule has 0 aliphatic heterocycles. The average molecular weight is 347 g/mol. The van der Waals surface area contributed by atoms with Gasteiger partial charge in [0.1, 0.15) is 6.61 Å². The maximum absolute atomic E-state index is 6.21. The Kier molecular flexibility index (Phi) is 5.59. The minimum Gasteiger partial charge on any atom is -0.493 e. The fraction of sp³-hybridized carbons (Fsp3) is 0.200. The number of halogens is 3. The Morgan fingerprint density at radius 1 is 1.05 bits per heavy atom. The van der Waals surface area contributed by atoms with Crippen LogP contribution >= 0.6 is 34.8 Å². The summed E-state index contributed by atoms with van der Waals surface area (Å²) in [6, 6.07) is 8.77. The second kappa shape index (κ2) is 7.23. The van der Waals surface area contributed by atoms with Gasteiger partial charge in [0.05, 0.1) is 12.1 Å². The highest BCUT2D eigenvalue weighted by Crippen LogP contribution is 2.37. The van der Waals surface area contributed by atoms with E-state index in [9.17, 15) is 0 Å². The highest BCUT2D eigenvalue weighted by Gasteiger charge is 2.12. The number of methoxy groups -OCH3 is 1. The van der Waals surface area contributed by atoms with Gasteiger partial charge in [0, 0.05) is 22.2 Å². The maximum atomic E-state index is 6.21.